The van der Waals surface area contributed by atoms with Crippen LogP contribution in [0.3, 0.4) is 0 Å². The van der Waals surface area contributed by atoms with Crippen LogP contribution in [-0.2, 0) is 21.7 Å². The first kappa shape index (κ1) is 26.7. The maximum Gasteiger partial charge on any atom is 0.416 e. The van der Waals surface area contributed by atoms with Crippen molar-refractivity contribution in [3.8, 4) is 11.3 Å². The zero-order chi connectivity index (χ0) is 26.7. The molecule has 0 spiro atoms. The van der Waals surface area contributed by atoms with Crippen molar-refractivity contribution in [1.82, 2.24) is 15.3 Å². The fraction of sp³-hybridized carbons (Fsp3) is 0.190. The highest BCUT2D eigenvalue weighted by Gasteiger charge is 2.31. The molecule has 0 saturated carbocycles. The van der Waals surface area contributed by atoms with Crippen molar-refractivity contribution < 1.29 is 40.5 Å². The quantitative estimate of drug-likeness (QED) is 0.297. The Bertz CT molecular complexity index is 1400. The van der Waals surface area contributed by atoms with Crippen LogP contribution in [0.4, 0.5) is 42.8 Å². The smallest absolute Gasteiger partial charge is 0.416 e. The Morgan fingerprint density at radius 3 is 2.44 bits per heavy atom. The SMILES string of the molecule is N=S(=O)(CCNC(=O)O)Cc1cc(Nc2ncc(F)c(-c3ccc(F)cc3F)n2)cc(C(F)(F)F)c1. The van der Waals surface area contributed by atoms with Gasteiger partial charge >= 0.3 is 12.3 Å². The molecule has 1 atom stereocenters. The van der Waals surface area contributed by atoms with Crippen molar-refractivity contribution >= 4 is 27.5 Å². The van der Waals surface area contributed by atoms with Crippen molar-refractivity contribution in [3.05, 3.63) is 71.2 Å². The van der Waals surface area contributed by atoms with Crippen LogP contribution in [0.5, 0.6) is 0 Å². The fourth-order valence-electron chi connectivity index (χ4n) is 3.10. The molecule has 0 saturated heterocycles. The van der Waals surface area contributed by atoms with E-state index in [1.54, 1.807) is 0 Å². The first-order chi connectivity index (χ1) is 16.7. The molecule has 0 aliphatic heterocycles. The van der Waals surface area contributed by atoms with E-state index in [-0.39, 0.29) is 17.8 Å². The molecule has 3 aromatic rings. The normalized spacial score (nSPS) is 13.2. The Morgan fingerprint density at radius 1 is 1.08 bits per heavy atom. The first-order valence-corrected chi connectivity index (χ1v) is 11.8. The van der Waals surface area contributed by atoms with E-state index in [2.05, 4.69) is 15.3 Å². The average Bonchev–Trinajstić information content (AvgIpc) is 2.74. The number of carboxylic acid groups (broad SMARTS) is 1. The molecule has 15 heteroatoms. The number of carbonyl (C=O) groups is 1. The highest BCUT2D eigenvalue weighted by molar-refractivity contribution is 7.91. The second-order valence-corrected chi connectivity index (χ2v) is 9.77. The van der Waals surface area contributed by atoms with Gasteiger partial charge in [0, 0.05) is 29.6 Å². The first-order valence-electron chi connectivity index (χ1n) is 9.90. The van der Waals surface area contributed by atoms with Crippen LogP contribution >= 0.6 is 0 Å². The highest BCUT2D eigenvalue weighted by atomic mass is 32.2. The predicted octanol–water partition coefficient (Wildman–Crippen LogP) is 5.14. The lowest BCUT2D eigenvalue weighted by atomic mass is 10.1. The largest absolute Gasteiger partial charge is 0.465 e. The predicted molar refractivity (Wildman–Crippen MR) is 118 cm³/mol. The Morgan fingerprint density at radius 2 is 1.81 bits per heavy atom. The number of hydrogen-bond donors (Lipinski definition) is 4. The third-order valence-corrected chi connectivity index (χ3v) is 6.28. The van der Waals surface area contributed by atoms with Crippen LogP contribution in [-0.4, -0.2) is 37.7 Å². The van der Waals surface area contributed by atoms with Gasteiger partial charge in [0.15, 0.2) is 5.82 Å². The molecular weight excluding hydrogens is 516 g/mol. The maximum atomic E-state index is 14.2. The average molecular weight is 533 g/mol. The van der Waals surface area contributed by atoms with Crippen molar-refractivity contribution in [2.24, 2.45) is 0 Å². The number of nitrogens with zero attached hydrogens (tertiary/aromatic N) is 2. The molecule has 1 amide bonds. The maximum absolute atomic E-state index is 14.2. The fourth-order valence-corrected chi connectivity index (χ4v) is 4.38. The van der Waals surface area contributed by atoms with Gasteiger partial charge in [0.2, 0.25) is 5.95 Å². The molecule has 0 fully saturated rings. The number of amides is 1. The van der Waals surface area contributed by atoms with Crippen LogP contribution in [0.1, 0.15) is 11.1 Å². The lowest BCUT2D eigenvalue weighted by Gasteiger charge is -2.15. The molecule has 1 heterocycles. The topological polar surface area (TPSA) is 128 Å². The number of aromatic nitrogens is 2. The van der Waals surface area contributed by atoms with Gasteiger partial charge in [-0.15, -0.1) is 0 Å². The van der Waals surface area contributed by atoms with Gasteiger partial charge in [-0.2, -0.15) is 13.2 Å². The second kappa shape index (κ2) is 10.4. The molecule has 4 N–H and O–H groups in total. The Kier molecular flexibility index (Phi) is 7.71. The molecular formula is C21H17F6N5O3S. The summed E-state index contributed by atoms with van der Waals surface area (Å²) >= 11 is 0. The summed E-state index contributed by atoms with van der Waals surface area (Å²) in [6.45, 7) is -0.339. The summed E-state index contributed by atoms with van der Waals surface area (Å²) in [4.78, 5) is 17.9. The summed E-state index contributed by atoms with van der Waals surface area (Å²) in [5.41, 5.74) is -2.55. The van der Waals surface area contributed by atoms with Crippen molar-refractivity contribution in [2.75, 3.05) is 17.6 Å². The highest BCUT2D eigenvalue weighted by Crippen LogP contribution is 2.33. The van der Waals surface area contributed by atoms with E-state index in [1.807, 2.05) is 5.32 Å². The standard InChI is InChI=1S/C21H17F6N5O3S/c22-13-1-2-15(16(23)8-13)18-17(24)9-30-19(32-18)31-14-6-11(5-12(7-14)21(25,26)27)10-36(28,35)4-3-29-20(33)34/h1-2,5-9,28-29H,3-4,10H2,(H,33,34)(H,30,31,32). The molecule has 0 radical (unpaired) electrons. The summed E-state index contributed by atoms with van der Waals surface area (Å²) < 4.78 is 102. The summed E-state index contributed by atoms with van der Waals surface area (Å²) in [5, 5.41) is 12.9. The van der Waals surface area contributed by atoms with Gasteiger partial charge in [-0.05, 0) is 35.9 Å². The van der Waals surface area contributed by atoms with Crippen molar-refractivity contribution in [1.29, 1.82) is 4.78 Å². The van der Waals surface area contributed by atoms with Crippen LogP contribution in [0, 0.1) is 22.2 Å². The number of rotatable bonds is 8. The van der Waals surface area contributed by atoms with E-state index in [9.17, 15) is 35.3 Å². The molecule has 0 bridgehead atoms. The third-order valence-electron chi connectivity index (χ3n) is 4.61. The summed E-state index contributed by atoms with van der Waals surface area (Å²) in [5.74, 6) is -4.58. The van der Waals surface area contributed by atoms with Crippen LogP contribution in [0.25, 0.3) is 11.3 Å². The number of halogens is 6. The van der Waals surface area contributed by atoms with E-state index in [0.717, 1.165) is 18.2 Å². The molecule has 1 aromatic heterocycles. The molecule has 0 aliphatic carbocycles. The number of anilines is 2. The minimum absolute atomic E-state index is 0.158. The summed E-state index contributed by atoms with van der Waals surface area (Å²) in [7, 11) is -3.51. The number of hydrogen-bond acceptors (Lipinski definition) is 6. The van der Waals surface area contributed by atoms with Gasteiger partial charge < -0.3 is 15.7 Å². The summed E-state index contributed by atoms with van der Waals surface area (Å²) in [6, 6.07) is 4.82. The lowest BCUT2D eigenvalue weighted by molar-refractivity contribution is -0.137. The molecule has 0 aliphatic rings. The van der Waals surface area contributed by atoms with Gasteiger partial charge in [0.05, 0.1) is 27.2 Å². The number of benzene rings is 2. The third kappa shape index (κ3) is 7.07. The Labute approximate surface area is 200 Å². The molecule has 1 unspecified atom stereocenters. The Balaban J connectivity index is 1.94. The van der Waals surface area contributed by atoms with E-state index in [1.165, 1.54) is 0 Å². The van der Waals surface area contributed by atoms with Gasteiger partial charge in [-0.1, -0.05) is 0 Å². The zero-order valence-corrected chi connectivity index (χ0v) is 18.8. The number of nitrogens with one attached hydrogen (secondary N) is 3. The van der Waals surface area contributed by atoms with E-state index < -0.39 is 73.7 Å². The van der Waals surface area contributed by atoms with Crippen LogP contribution in [0.2, 0.25) is 0 Å². The van der Waals surface area contributed by atoms with Gasteiger partial charge in [-0.25, -0.2) is 32.1 Å². The van der Waals surface area contributed by atoms with Crippen molar-refractivity contribution in [2.45, 2.75) is 11.9 Å². The van der Waals surface area contributed by atoms with Crippen LogP contribution < -0.4 is 10.6 Å². The van der Waals surface area contributed by atoms with Crippen LogP contribution in [0.15, 0.2) is 42.6 Å². The molecule has 36 heavy (non-hydrogen) atoms. The minimum Gasteiger partial charge on any atom is -0.465 e. The van der Waals surface area contributed by atoms with Gasteiger partial charge in [0.1, 0.15) is 17.3 Å². The molecule has 3 rings (SSSR count). The van der Waals surface area contributed by atoms with Crippen molar-refractivity contribution in [3.63, 3.8) is 0 Å². The van der Waals surface area contributed by atoms with E-state index in [4.69, 9.17) is 9.89 Å². The summed E-state index contributed by atoms with van der Waals surface area (Å²) in [6.07, 6.45) is -5.59. The Hall–Kier alpha value is -3.88. The zero-order valence-electron chi connectivity index (χ0n) is 18.0. The minimum atomic E-state index is -4.83. The van der Waals surface area contributed by atoms with E-state index in [0.29, 0.717) is 24.4 Å². The lowest BCUT2D eigenvalue weighted by Crippen LogP contribution is -2.27. The molecule has 8 nitrogen and oxygen atoms in total. The molecule has 2 aromatic carbocycles. The molecule has 192 valence electrons. The van der Waals surface area contributed by atoms with Gasteiger partial charge in [0.25, 0.3) is 0 Å². The second-order valence-electron chi connectivity index (χ2n) is 7.45. The number of alkyl halides is 3. The van der Waals surface area contributed by atoms with E-state index >= 15 is 0 Å². The van der Waals surface area contributed by atoms with Gasteiger partial charge in [-0.3, -0.25) is 4.78 Å². The monoisotopic (exact) mass is 533 g/mol.